The molecule has 0 bridgehead atoms. The Kier molecular flexibility index (Phi) is 4.93. The lowest BCUT2D eigenvalue weighted by molar-refractivity contribution is -0.147. The average Bonchev–Trinajstić information content (AvgIpc) is 2.70. The van der Waals surface area contributed by atoms with Gasteiger partial charge in [-0.25, -0.2) is 4.79 Å². The first-order valence-corrected chi connectivity index (χ1v) is 6.06. The highest BCUT2D eigenvalue weighted by Crippen LogP contribution is 2.16. The molecule has 1 fully saturated rings. The third-order valence-corrected chi connectivity index (χ3v) is 3.27. The van der Waals surface area contributed by atoms with Gasteiger partial charge in [0.25, 0.3) is 0 Å². The van der Waals surface area contributed by atoms with Crippen LogP contribution in [0.3, 0.4) is 0 Å². The van der Waals surface area contributed by atoms with E-state index in [9.17, 15) is 9.59 Å². The predicted molar refractivity (Wildman–Crippen MR) is 64.3 cm³/mol. The van der Waals surface area contributed by atoms with E-state index in [1.165, 1.54) is 7.11 Å². The van der Waals surface area contributed by atoms with Crippen molar-refractivity contribution in [1.82, 2.24) is 10.6 Å². The summed E-state index contributed by atoms with van der Waals surface area (Å²) in [4.78, 5) is 23.6. The maximum Gasteiger partial charge on any atom is 0.328 e. The molecule has 0 radical (unpaired) electrons. The Balaban J connectivity index is 2.61. The molecular formula is C12H22N2O3. The molecule has 1 rings (SSSR count). The molecule has 5 nitrogen and oxygen atoms in total. The Morgan fingerprint density at radius 3 is 2.41 bits per heavy atom. The van der Waals surface area contributed by atoms with Crippen molar-refractivity contribution in [2.45, 2.75) is 26.8 Å². The van der Waals surface area contributed by atoms with Gasteiger partial charge in [0.15, 0.2) is 0 Å². The molecule has 0 aromatic rings. The van der Waals surface area contributed by atoms with Crippen molar-refractivity contribution in [3.63, 3.8) is 0 Å². The van der Waals surface area contributed by atoms with E-state index < -0.39 is 6.04 Å². The Bertz CT molecular complexity index is 291. The Labute approximate surface area is 102 Å². The number of hydrogen-bond donors (Lipinski definition) is 2. The van der Waals surface area contributed by atoms with Gasteiger partial charge in [-0.2, -0.15) is 0 Å². The van der Waals surface area contributed by atoms with E-state index in [0.717, 1.165) is 6.54 Å². The number of nitrogens with one attached hydrogen (secondary N) is 2. The third-order valence-electron chi connectivity index (χ3n) is 3.27. The number of rotatable bonds is 4. The van der Waals surface area contributed by atoms with Crippen LogP contribution in [0.4, 0.5) is 0 Å². The molecule has 2 N–H and O–H groups in total. The summed E-state index contributed by atoms with van der Waals surface area (Å²) in [6.07, 6.45) is 0. The minimum Gasteiger partial charge on any atom is -0.467 e. The molecule has 3 atom stereocenters. The summed E-state index contributed by atoms with van der Waals surface area (Å²) in [5, 5.41) is 5.96. The van der Waals surface area contributed by atoms with Crippen molar-refractivity contribution in [2.24, 2.45) is 17.8 Å². The van der Waals surface area contributed by atoms with Crippen LogP contribution in [-0.2, 0) is 14.3 Å². The van der Waals surface area contributed by atoms with Crippen molar-refractivity contribution in [3.05, 3.63) is 0 Å². The molecule has 0 spiro atoms. The highest BCUT2D eigenvalue weighted by atomic mass is 16.5. The predicted octanol–water partition coefficient (Wildman–Crippen LogP) is 0.156. The summed E-state index contributed by atoms with van der Waals surface area (Å²) in [6, 6.07) is -0.555. The lowest BCUT2D eigenvalue weighted by atomic mass is 9.96. The molecule has 0 aromatic heterocycles. The van der Waals surface area contributed by atoms with E-state index in [1.54, 1.807) is 0 Å². The third kappa shape index (κ3) is 3.43. The number of esters is 1. The van der Waals surface area contributed by atoms with Crippen molar-refractivity contribution >= 4 is 11.9 Å². The minimum absolute atomic E-state index is 0.0241. The molecule has 17 heavy (non-hydrogen) atoms. The van der Waals surface area contributed by atoms with Gasteiger partial charge in [0.2, 0.25) is 5.91 Å². The second kappa shape index (κ2) is 6.00. The smallest absolute Gasteiger partial charge is 0.328 e. The van der Waals surface area contributed by atoms with Crippen LogP contribution in [-0.4, -0.2) is 38.1 Å². The van der Waals surface area contributed by atoms with Crippen molar-refractivity contribution in [2.75, 3.05) is 20.2 Å². The molecule has 0 aliphatic carbocycles. The maximum atomic E-state index is 12.0. The highest BCUT2D eigenvalue weighted by Gasteiger charge is 2.33. The van der Waals surface area contributed by atoms with Gasteiger partial charge < -0.3 is 15.4 Å². The summed E-state index contributed by atoms with van der Waals surface area (Å²) in [6.45, 7) is 7.34. The number of methoxy groups -OCH3 is 1. The van der Waals surface area contributed by atoms with Crippen molar-refractivity contribution < 1.29 is 14.3 Å². The van der Waals surface area contributed by atoms with E-state index in [4.69, 9.17) is 4.74 Å². The van der Waals surface area contributed by atoms with Gasteiger partial charge in [0.05, 0.1) is 13.0 Å². The summed E-state index contributed by atoms with van der Waals surface area (Å²) >= 11 is 0. The van der Waals surface area contributed by atoms with Crippen molar-refractivity contribution in [1.29, 1.82) is 0 Å². The van der Waals surface area contributed by atoms with E-state index >= 15 is 0 Å². The molecule has 98 valence electrons. The number of ether oxygens (including phenoxy) is 1. The molecule has 2 unspecified atom stereocenters. The first-order chi connectivity index (χ1) is 7.97. The molecule has 1 aliphatic heterocycles. The fourth-order valence-corrected chi connectivity index (χ4v) is 2.05. The van der Waals surface area contributed by atoms with Crippen LogP contribution in [0.15, 0.2) is 0 Å². The van der Waals surface area contributed by atoms with Gasteiger partial charge in [0.1, 0.15) is 6.04 Å². The SMILES string of the molecule is COC(=O)[C@@H](NC(=O)C1CNCC1C)C(C)C. The van der Waals surface area contributed by atoms with Crippen LogP contribution in [0.2, 0.25) is 0 Å². The van der Waals surface area contributed by atoms with E-state index in [-0.39, 0.29) is 23.7 Å². The Hall–Kier alpha value is -1.10. The molecule has 5 heteroatoms. The normalized spacial score (nSPS) is 25.7. The lowest BCUT2D eigenvalue weighted by Crippen LogP contribution is -2.48. The number of amides is 1. The molecule has 1 heterocycles. The van der Waals surface area contributed by atoms with Gasteiger partial charge in [0, 0.05) is 6.54 Å². The van der Waals surface area contributed by atoms with Crippen LogP contribution < -0.4 is 10.6 Å². The van der Waals surface area contributed by atoms with Crippen LogP contribution in [0, 0.1) is 17.8 Å². The Morgan fingerprint density at radius 2 is 2.00 bits per heavy atom. The van der Waals surface area contributed by atoms with Crippen LogP contribution in [0.1, 0.15) is 20.8 Å². The fourth-order valence-electron chi connectivity index (χ4n) is 2.05. The monoisotopic (exact) mass is 242 g/mol. The maximum absolute atomic E-state index is 12.0. The fraction of sp³-hybridized carbons (Fsp3) is 0.833. The van der Waals surface area contributed by atoms with Crippen LogP contribution >= 0.6 is 0 Å². The van der Waals surface area contributed by atoms with Gasteiger partial charge in [-0.1, -0.05) is 20.8 Å². The first kappa shape index (κ1) is 14.0. The van der Waals surface area contributed by atoms with Crippen molar-refractivity contribution in [3.8, 4) is 0 Å². The summed E-state index contributed by atoms with van der Waals surface area (Å²) < 4.78 is 4.69. The van der Waals surface area contributed by atoms with Crippen LogP contribution in [0.5, 0.6) is 0 Å². The van der Waals surface area contributed by atoms with E-state index in [0.29, 0.717) is 12.5 Å². The van der Waals surface area contributed by atoms with Gasteiger partial charge in [-0.3, -0.25) is 4.79 Å². The topological polar surface area (TPSA) is 67.4 Å². The average molecular weight is 242 g/mol. The minimum atomic E-state index is -0.555. The molecule has 0 aromatic carbocycles. The zero-order valence-corrected chi connectivity index (χ0v) is 10.9. The quantitative estimate of drug-likeness (QED) is 0.689. The zero-order chi connectivity index (χ0) is 13.0. The van der Waals surface area contributed by atoms with E-state index in [2.05, 4.69) is 10.6 Å². The summed E-state index contributed by atoms with van der Waals surface area (Å²) in [5.41, 5.74) is 0. The molecular weight excluding hydrogens is 220 g/mol. The number of carbonyl (C=O) groups is 2. The molecule has 1 amide bonds. The standard InChI is InChI=1S/C12H22N2O3/c1-7(2)10(12(16)17-4)14-11(15)9-6-13-5-8(9)3/h7-10,13H,5-6H2,1-4H3,(H,14,15)/t8?,9?,10-/m0/s1. The number of carbonyl (C=O) groups excluding carboxylic acids is 2. The molecule has 1 saturated heterocycles. The summed E-state index contributed by atoms with van der Waals surface area (Å²) in [7, 11) is 1.34. The van der Waals surface area contributed by atoms with E-state index in [1.807, 2.05) is 20.8 Å². The van der Waals surface area contributed by atoms with Gasteiger partial charge in [-0.05, 0) is 18.4 Å². The second-order valence-corrected chi connectivity index (χ2v) is 5.00. The second-order valence-electron chi connectivity index (χ2n) is 5.00. The van der Waals surface area contributed by atoms with Gasteiger partial charge >= 0.3 is 5.97 Å². The highest BCUT2D eigenvalue weighted by molar-refractivity contribution is 5.86. The largest absolute Gasteiger partial charge is 0.467 e. The first-order valence-electron chi connectivity index (χ1n) is 6.06. The molecule has 1 aliphatic rings. The van der Waals surface area contributed by atoms with Gasteiger partial charge in [-0.15, -0.1) is 0 Å². The van der Waals surface area contributed by atoms with Crippen LogP contribution in [0.25, 0.3) is 0 Å². The zero-order valence-electron chi connectivity index (χ0n) is 10.9. The molecule has 0 saturated carbocycles. The Morgan fingerprint density at radius 1 is 1.35 bits per heavy atom. The summed E-state index contributed by atoms with van der Waals surface area (Å²) in [5.74, 6) is -0.170. The lowest BCUT2D eigenvalue weighted by Gasteiger charge is -2.22. The number of hydrogen-bond acceptors (Lipinski definition) is 4.